The molecule has 0 aliphatic heterocycles. The highest BCUT2D eigenvalue weighted by atomic mass is 32.1. The summed E-state index contributed by atoms with van der Waals surface area (Å²) < 4.78 is 5.11. The lowest BCUT2D eigenvalue weighted by molar-refractivity contribution is -0.139. The number of rotatable bonds is 7. The molecule has 0 aromatic heterocycles. The highest BCUT2D eigenvalue weighted by Gasteiger charge is 2.18. The lowest BCUT2D eigenvalue weighted by Gasteiger charge is -2.16. The summed E-state index contributed by atoms with van der Waals surface area (Å²) in [6.07, 6.45) is 0.886. The molecule has 0 saturated heterocycles. The number of carboxylic acids is 1. The van der Waals surface area contributed by atoms with Crippen LogP contribution in [0.15, 0.2) is 54.6 Å². The van der Waals surface area contributed by atoms with Crippen LogP contribution >= 0.6 is 12.2 Å². The largest absolute Gasteiger partial charge is 0.497 e. The van der Waals surface area contributed by atoms with E-state index in [0.29, 0.717) is 17.8 Å². The molecular formula is C18H19NO3S. The van der Waals surface area contributed by atoms with Crippen LogP contribution in [-0.4, -0.2) is 29.2 Å². The highest BCUT2D eigenvalue weighted by molar-refractivity contribution is 7.80. The normalized spacial score (nSPS) is 11.5. The zero-order valence-electron chi connectivity index (χ0n) is 12.9. The monoisotopic (exact) mass is 329 g/mol. The summed E-state index contributed by atoms with van der Waals surface area (Å²) in [7, 11) is 1.61. The Balaban J connectivity index is 1.96. The van der Waals surface area contributed by atoms with E-state index in [4.69, 9.17) is 17.0 Å². The van der Waals surface area contributed by atoms with Crippen LogP contribution in [0.25, 0.3) is 0 Å². The van der Waals surface area contributed by atoms with Gasteiger partial charge in [0.1, 0.15) is 11.8 Å². The number of carbonyl (C=O) groups is 1. The van der Waals surface area contributed by atoms with Crippen LogP contribution < -0.4 is 10.1 Å². The zero-order chi connectivity index (χ0) is 16.7. The molecule has 0 unspecified atom stereocenters. The van der Waals surface area contributed by atoms with Crippen molar-refractivity contribution >= 4 is 23.2 Å². The molecule has 0 radical (unpaired) electrons. The Bertz CT molecular complexity index is 656. The molecule has 0 spiro atoms. The van der Waals surface area contributed by atoms with Gasteiger partial charge in [-0.15, -0.1) is 0 Å². The van der Waals surface area contributed by atoms with Crippen molar-refractivity contribution in [3.05, 3.63) is 65.7 Å². The van der Waals surface area contributed by atoms with Crippen molar-refractivity contribution in [3.8, 4) is 5.75 Å². The molecule has 0 fully saturated rings. The van der Waals surface area contributed by atoms with E-state index >= 15 is 0 Å². The second-order valence-corrected chi connectivity index (χ2v) is 5.67. The minimum atomic E-state index is -0.911. The fraction of sp³-hybridized carbons (Fsp3) is 0.222. The molecule has 0 amide bonds. The van der Waals surface area contributed by atoms with Gasteiger partial charge in [-0.1, -0.05) is 54.7 Å². The summed E-state index contributed by atoms with van der Waals surface area (Å²) in [5, 5.41) is 12.3. The molecule has 0 bridgehead atoms. The van der Waals surface area contributed by atoms with Gasteiger partial charge < -0.3 is 15.2 Å². The topological polar surface area (TPSA) is 58.6 Å². The van der Waals surface area contributed by atoms with Crippen LogP contribution in [0.4, 0.5) is 0 Å². The minimum absolute atomic E-state index is 0.388. The number of hydrogen-bond donors (Lipinski definition) is 2. The average Bonchev–Trinajstić information content (AvgIpc) is 2.56. The van der Waals surface area contributed by atoms with E-state index in [-0.39, 0.29) is 0 Å². The molecule has 2 aromatic carbocycles. The van der Waals surface area contributed by atoms with Crippen LogP contribution in [0.1, 0.15) is 11.1 Å². The quantitative estimate of drug-likeness (QED) is 0.765. The van der Waals surface area contributed by atoms with E-state index in [1.165, 1.54) is 0 Å². The molecule has 23 heavy (non-hydrogen) atoms. The number of methoxy groups -OCH3 is 1. The lowest BCUT2D eigenvalue weighted by atomic mass is 10.1. The van der Waals surface area contributed by atoms with Gasteiger partial charge >= 0.3 is 5.97 Å². The number of hydrogen-bond acceptors (Lipinski definition) is 3. The highest BCUT2D eigenvalue weighted by Crippen LogP contribution is 2.12. The number of carboxylic acid groups (broad SMARTS) is 1. The maximum Gasteiger partial charge on any atom is 0.326 e. The van der Waals surface area contributed by atoms with Crippen molar-refractivity contribution in [1.29, 1.82) is 0 Å². The number of ether oxygens (including phenoxy) is 1. The van der Waals surface area contributed by atoms with Gasteiger partial charge in [-0.25, -0.2) is 4.79 Å². The van der Waals surface area contributed by atoms with Crippen LogP contribution in [-0.2, 0) is 17.6 Å². The number of thiocarbonyl (C=S) groups is 1. The van der Waals surface area contributed by atoms with Crippen LogP contribution in [0.5, 0.6) is 5.75 Å². The van der Waals surface area contributed by atoms with Crippen molar-refractivity contribution in [2.24, 2.45) is 0 Å². The second-order valence-electron chi connectivity index (χ2n) is 5.17. The number of nitrogens with one attached hydrogen (secondary N) is 1. The molecule has 0 heterocycles. The third-order valence-corrected chi connectivity index (χ3v) is 3.70. The SMILES string of the molecule is COc1ccc(CC(=S)N[C@@H](Cc2ccccc2)C(=O)O)cc1. The van der Waals surface area contributed by atoms with Crippen molar-refractivity contribution < 1.29 is 14.6 Å². The third kappa shape index (κ3) is 5.38. The Morgan fingerprint density at radius 3 is 2.35 bits per heavy atom. The first-order valence-electron chi connectivity index (χ1n) is 7.27. The Morgan fingerprint density at radius 2 is 1.78 bits per heavy atom. The van der Waals surface area contributed by atoms with Gasteiger partial charge in [0.15, 0.2) is 0 Å². The van der Waals surface area contributed by atoms with E-state index < -0.39 is 12.0 Å². The average molecular weight is 329 g/mol. The lowest BCUT2D eigenvalue weighted by Crippen LogP contribution is -2.42. The van der Waals surface area contributed by atoms with Gasteiger partial charge in [0.05, 0.1) is 12.1 Å². The summed E-state index contributed by atoms with van der Waals surface area (Å²) in [5.74, 6) is -0.133. The standard InChI is InChI=1S/C18H19NO3S/c1-22-15-9-7-14(8-10-15)12-17(23)19-16(18(20)21)11-13-5-3-2-4-6-13/h2-10,16H,11-12H2,1H3,(H,19,23)(H,20,21)/t16-/m0/s1. The molecule has 0 saturated carbocycles. The van der Waals surface area contributed by atoms with Gasteiger partial charge in [0, 0.05) is 12.8 Å². The summed E-state index contributed by atoms with van der Waals surface area (Å²) in [6, 6.07) is 16.3. The maximum absolute atomic E-state index is 11.4. The van der Waals surface area contributed by atoms with E-state index in [9.17, 15) is 9.90 Å². The molecule has 0 aliphatic carbocycles. The minimum Gasteiger partial charge on any atom is -0.497 e. The van der Waals surface area contributed by atoms with Crippen molar-refractivity contribution in [3.63, 3.8) is 0 Å². The molecule has 2 N–H and O–H groups in total. The summed E-state index contributed by atoms with van der Waals surface area (Å²) in [5.41, 5.74) is 1.96. The van der Waals surface area contributed by atoms with Crippen LogP contribution in [0.3, 0.4) is 0 Å². The van der Waals surface area contributed by atoms with Gasteiger partial charge in [0.2, 0.25) is 0 Å². The summed E-state index contributed by atoms with van der Waals surface area (Å²) in [4.78, 5) is 11.9. The van der Waals surface area contributed by atoms with E-state index in [0.717, 1.165) is 16.9 Å². The van der Waals surface area contributed by atoms with Crippen LogP contribution in [0, 0.1) is 0 Å². The predicted molar refractivity (Wildman–Crippen MR) is 94.0 cm³/mol. The first-order chi connectivity index (χ1) is 11.1. The molecule has 1 atom stereocenters. The van der Waals surface area contributed by atoms with Crippen molar-refractivity contribution in [1.82, 2.24) is 5.32 Å². The predicted octanol–water partition coefficient (Wildman–Crippen LogP) is 2.85. The number of aliphatic carboxylic acids is 1. The Hall–Kier alpha value is -2.40. The van der Waals surface area contributed by atoms with E-state index in [2.05, 4.69) is 5.32 Å². The molecule has 2 aromatic rings. The van der Waals surface area contributed by atoms with E-state index in [1.807, 2.05) is 54.6 Å². The zero-order valence-corrected chi connectivity index (χ0v) is 13.7. The van der Waals surface area contributed by atoms with Crippen LogP contribution in [0.2, 0.25) is 0 Å². The van der Waals surface area contributed by atoms with Crippen molar-refractivity contribution in [2.45, 2.75) is 18.9 Å². The van der Waals surface area contributed by atoms with Gasteiger partial charge in [-0.2, -0.15) is 0 Å². The molecule has 5 heteroatoms. The molecule has 120 valence electrons. The first kappa shape index (κ1) is 17.0. The van der Waals surface area contributed by atoms with Gasteiger partial charge in [0.25, 0.3) is 0 Å². The molecule has 4 nitrogen and oxygen atoms in total. The van der Waals surface area contributed by atoms with Gasteiger partial charge in [-0.05, 0) is 23.3 Å². The first-order valence-corrected chi connectivity index (χ1v) is 7.68. The molecule has 2 rings (SSSR count). The fourth-order valence-corrected chi connectivity index (χ4v) is 2.53. The smallest absolute Gasteiger partial charge is 0.326 e. The second kappa shape index (κ2) is 8.29. The van der Waals surface area contributed by atoms with Crippen molar-refractivity contribution in [2.75, 3.05) is 7.11 Å². The fourth-order valence-electron chi connectivity index (χ4n) is 2.22. The summed E-state index contributed by atoms with van der Waals surface area (Å²) >= 11 is 5.30. The van der Waals surface area contributed by atoms with E-state index in [1.54, 1.807) is 7.11 Å². The Morgan fingerprint density at radius 1 is 1.13 bits per heavy atom. The van der Waals surface area contributed by atoms with Gasteiger partial charge in [-0.3, -0.25) is 0 Å². The molecular weight excluding hydrogens is 310 g/mol. The summed E-state index contributed by atoms with van der Waals surface area (Å²) in [6.45, 7) is 0. The molecule has 0 aliphatic rings. The third-order valence-electron chi connectivity index (χ3n) is 3.44. The Labute approximate surface area is 141 Å². The maximum atomic E-state index is 11.4. The Kier molecular flexibility index (Phi) is 6.11. The number of benzene rings is 2.